The summed E-state index contributed by atoms with van der Waals surface area (Å²) in [5, 5.41) is 4.41. The molecule has 1 aromatic carbocycles. The SMILES string of the molecule is CCNC(c1ccc(C)c(F)c1)c1cnc(C)s1. The van der Waals surface area contributed by atoms with Crippen molar-refractivity contribution >= 4 is 11.3 Å². The Morgan fingerprint density at radius 1 is 1.39 bits per heavy atom. The normalized spacial score (nSPS) is 12.7. The molecule has 1 atom stereocenters. The minimum absolute atomic E-state index is 0.0244. The van der Waals surface area contributed by atoms with Crippen LogP contribution < -0.4 is 5.32 Å². The molecule has 0 fully saturated rings. The van der Waals surface area contributed by atoms with Crippen LogP contribution in [0, 0.1) is 19.7 Å². The van der Waals surface area contributed by atoms with Crippen molar-refractivity contribution in [2.24, 2.45) is 0 Å². The van der Waals surface area contributed by atoms with Crippen LogP contribution in [0.3, 0.4) is 0 Å². The van der Waals surface area contributed by atoms with Gasteiger partial charge in [0.1, 0.15) is 5.82 Å². The molecule has 4 heteroatoms. The van der Waals surface area contributed by atoms with Gasteiger partial charge in [-0.2, -0.15) is 0 Å². The zero-order chi connectivity index (χ0) is 13.1. The summed E-state index contributed by atoms with van der Waals surface area (Å²) in [7, 11) is 0. The molecule has 1 heterocycles. The van der Waals surface area contributed by atoms with E-state index < -0.39 is 0 Å². The molecule has 2 rings (SSSR count). The minimum atomic E-state index is -0.156. The van der Waals surface area contributed by atoms with Crippen molar-refractivity contribution in [2.45, 2.75) is 26.8 Å². The molecule has 0 bridgehead atoms. The molecule has 0 saturated heterocycles. The third-order valence-corrected chi connectivity index (χ3v) is 3.84. The van der Waals surface area contributed by atoms with E-state index in [0.717, 1.165) is 22.0 Å². The molecule has 0 spiro atoms. The second-order valence-electron chi connectivity index (χ2n) is 4.28. The van der Waals surface area contributed by atoms with Gasteiger partial charge in [0.25, 0.3) is 0 Å². The molecule has 0 aliphatic rings. The first-order valence-corrected chi connectivity index (χ1v) is 6.85. The van der Waals surface area contributed by atoms with Crippen LogP contribution in [0.25, 0.3) is 0 Å². The van der Waals surface area contributed by atoms with Gasteiger partial charge in [-0.25, -0.2) is 9.37 Å². The smallest absolute Gasteiger partial charge is 0.126 e. The predicted octanol–water partition coefficient (Wildman–Crippen LogP) is 3.60. The van der Waals surface area contributed by atoms with Gasteiger partial charge in [0.15, 0.2) is 0 Å². The molecule has 0 aliphatic carbocycles. The van der Waals surface area contributed by atoms with Crippen LogP contribution >= 0.6 is 11.3 Å². The number of hydrogen-bond acceptors (Lipinski definition) is 3. The zero-order valence-electron chi connectivity index (χ0n) is 10.8. The molecule has 1 aromatic heterocycles. The number of rotatable bonds is 4. The van der Waals surface area contributed by atoms with Crippen LogP contribution in [0.1, 0.15) is 34.0 Å². The van der Waals surface area contributed by atoms with E-state index in [9.17, 15) is 4.39 Å². The Morgan fingerprint density at radius 2 is 2.17 bits per heavy atom. The summed E-state index contributed by atoms with van der Waals surface area (Å²) >= 11 is 1.64. The van der Waals surface area contributed by atoms with Crippen molar-refractivity contribution in [3.63, 3.8) is 0 Å². The van der Waals surface area contributed by atoms with Gasteiger partial charge in [-0.3, -0.25) is 0 Å². The highest BCUT2D eigenvalue weighted by Crippen LogP contribution is 2.27. The summed E-state index contributed by atoms with van der Waals surface area (Å²) in [5.74, 6) is -0.156. The lowest BCUT2D eigenvalue weighted by molar-refractivity contribution is 0.600. The molecule has 0 amide bonds. The van der Waals surface area contributed by atoms with Crippen molar-refractivity contribution in [1.29, 1.82) is 0 Å². The Bertz CT molecular complexity index is 536. The van der Waals surface area contributed by atoms with Crippen LogP contribution in [-0.4, -0.2) is 11.5 Å². The molecular formula is C14H17FN2S. The summed E-state index contributed by atoms with van der Waals surface area (Å²) in [5.41, 5.74) is 1.62. The molecule has 2 nitrogen and oxygen atoms in total. The quantitative estimate of drug-likeness (QED) is 0.912. The fourth-order valence-corrected chi connectivity index (χ4v) is 2.78. The van der Waals surface area contributed by atoms with Gasteiger partial charge in [0, 0.05) is 11.1 Å². The van der Waals surface area contributed by atoms with Crippen molar-refractivity contribution in [2.75, 3.05) is 6.54 Å². The first-order valence-electron chi connectivity index (χ1n) is 6.03. The second kappa shape index (κ2) is 5.59. The van der Waals surface area contributed by atoms with Gasteiger partial charge in [-0.05, 0) is 37.6 Å². The van der Waals surface area contributed by atoms with Gasteiger partial charge >= 0.3 is 0 Å². The van der Waals surface area contributed by atoms with Crippen LogP contribution in [-0.2, 0) is 0 Å². The summed E-state index contributed by atoms with van der Waals surface area (Å²) in [6, 6.07) is 5.43. The number of benzene rings is 1. The monoisotopic (exact) mass is 264 g/mol. The Labute approximate surface area is 111 Å². The molecular weight excluding hydrogens is 247 g/mol. The van der Waals surface area contributed by atoms with Crippen LogP contribution in [0.2, 0.25) is 0 Å². The second-order valence-corrected chi connectivity index (χ2v) is 5.55. The number of nitrogens with one attached hydrogen (secondary N) is 1. The van der Waals surface area contributed by atoms with Gasteiger partial charge < -0.3 is 5.32 Å². The van der Waals surface area contributed by atoms with Crippen molar-refractivity contribution in [3.05, 3.63) is 51.2 Å². The standard InChI is InChI=1S/C14H17FN2S/c1-4-16-14(13-8-17-10(3)18-13)11-6-5-9(2)12(15)7-11/h5-8,14,16H,4H2,1-3H3. The van der Waals surface area contributed by atoms with E-state index in [1.54, 1.807) is 24.3 Å². The van der Waals surface area contributed by atoms with Crippen molar-refractivity contribution < 1.29 is 4.39 Å². The van der Waals surface area contributed by atoms with E-state index in [1.165, 1.54) is 0 Å². The van der Waals surface area contributed by atoms with E-state index in [0.29, 0.717) is 5.56 Å². The lowest BCUT2D eigenvalue weighted by Gasteiger charge is -2.17. The number of aryl methyl sites for hydroxylation is 2. The molecule has 0 aliphatic heterocycles. The molecule has 18 heavy (non-hydrogen) atoms. The van der Waals surface area contributed by atoms with Crippen molar-refractivity contribution in [3.8, 4) is 0 Å². The lowest BCUT2D eigenvalue weighted by Crippen LogP contribution is -2.21. The maximum atomic E-state index is 13.7. The van der Waals surface area contributed by atoms with Gasteiger partial charge in [-0.1, -0.05) is 19.1 Å². The first-order chi connectivity index (χ1) is 8.61. The highest BCUT2D eigenvalue weighted by atomic mass is 32.1. The lowest BCUT2D eigenvalue weighted by atomic mass is 10.0. The number of halogens is 1. The number of thiazole rings is 1. The zero-order valence-corrected chi connectivity index (χ0v) is 11.6. The van der Waals surface area contributed by atoms with E-state index in [-0.39, 0.29) is 11.9 Å². The molecule has 0 radical (unpaired) electrons. The van der Waals surface area contributed by atoms with Gasteiger partial charge in [-0.15, -0.1) is 11.3 Å². The summed E-state index contributed by atoms with van der Waals surface area (Å²) in [4.78, 5) is 5.39. The minimum Gasteiger partial charge on any atom is -0.306 e. The van der Waals surface area contributed by atoms with Crippen LogP contribution in [0.15, 0.2) is 24.4 Å². The van der Waals surface area contributed by atoms with Crippen molar-refractivity contribution in [1.82, 2.24) is 10.3 Å². The summed E-state index contributed by atoms with van der Waals surface area (Å²) in [6.45, 7) is 6.63. The topological polar surface area (TPSA) is 24.9 Å². The van der Waals surface area contributed by atoms with E-state index in [4.69, 9.17) is 0 Å². The number of hydrogen-bond donors (Lipinski definition) is 1. The average molecular weight is 264 g/mol. The molecule has 96 valence electrons. The molecule has 1 N–H and O–H groups in total. The van der Waals surface area contributed by atoms with Gasteiger partial charge in [0.2, 0.25) is 0 Å². The Balaban J connectivity index is 2.37. The Hall–Kier alpha value is -1.26. The molecule has 1 unspecified atom stereocenters. The highest BCUT2D eigenvalue weighted by molar-refractivity contribution is 7.11. The molecule has 0 saturated carbocycles. The van der Waals surface area contributed by atoms with Crippen LogP contribution in [0.5, 0.6) is 0 Å². The summed E-state index contributed by atoms with van der Waals surface area (Å²) < 4.78 is 13.7. The van der Waals surface area contributed by atoms with E-state index in [2.05, 4.69) is 10.3 Å². The van der Waals surface area contributed by atoms with E-state index in [1.807, 2.05) is 32.2 Å². The van der Waals surface area contributed by atoms with E-state index >= 15 is 0 Å². The number of nitrogens with zero attached hydrogens (tertiary/aromatic N) is 1. The average Bonchev–Trinajstić information content (AvgIpc) is 2.76. The maximum absolute atomic E-state index is 13.7. The first kappa shape index (κ1) is 13.2. The molecule has 2 aromatic rings. The maximum Gasteiger partial charge on any atom is 0.126 e. The largest absolute Gasteiger partial charge is 0.306 e. The third-order valence-electron chi connectivity index (χ3n) is 2.86. The Morgan fingerprint density at radius 3 is 2.72 bits per heavy atom. The Kier molecular flexibility index (Phi) is 4.09. The summed E-state index contributed by atoms with van der Waals surface area (Å²) in [6.07, 6.45) is 1.87. The van der Waals surface area contributed by atoms with Gasteiger partial charge in [0.05, 0.1) is 11.0 Å². The number of aromatic nitrogens is 1. The fourth-order valence-electron chi connectivity index (χ4n) is 1.89. The fraction of sp³-hybridized carbons (Fsp3) is 0.357. The predicted molar refractivity (Wildman–Crippen MR) is 73.5 cm³/mol. The highest BCUT2D eigenvalue weighted by Gasteiger charge is 2.16. The third kappa shape index (κ3) is 2.76. The van der Waals surface area contributed by atoms with Crippen LogP contribution in [0.4, 0.5) is 4.39 Å².